The average molecular weight is 1140 g/mol. The highest BCUT2D eigenvalue weighted by Gasteiger charge is 2.17. The number of carbonyl (C=O) groups excluding carboxylic acids is 2. The van der Waals surface area contributed by atoms with Crippen molar-refractivity contribution in [1.82, 2.24) is 5.16 Å². The minimum absolute atomic E-state index is 0.0903. The lowest BCUT2D eigenvalue weighted by Gasteiger charge is -2.18. The van der Waals surface area contributed by atoms with E-state index >= 15 is 0 Å². The molecule has 3 aromatic carbocycles. The number of aryl methyl sites for hydroxylation is 1. The summed E-state index contributed by atoms with van der Waals surface area (Å²) >= 11 is 5.66. The molecule has 380 valence electrons. The second kappa shape index (κ2) is 41.7. The molecular formula is C57H75BrIN3O8. The van der Waals surface area contributed by atoms with E-state index in [9.17, 15) is 9.59 Å². The van der Waals surface area contributed by atoms with Gasteiger partial charge in [0.25, 0.3) is 0 Å². The standard InChI is InChI=1S/C13H17IO.C13H18O2.C13H20O2.C10H9BrN2.C8H11NO3/c1-11(2)4-3-9-15-10-12-5-7-13(14)8-6-12;1-3-4-5-10-15-13-8-6-12(7-9-13)11(2)14;1-2-3-4-5-7-10-14-12-13-9-6-8-11-15-13;11-10-4-2-9(3-5-10)8-13-7-1-6-12;1-4-11-8(10)7-5(2)6(3)12-9-7/h4-8H,3,9-10H2,1-2H3;6-9H,3-5,10H2,1-2H3;8,11,13H,2-4,6,9-10,12H2,1H3;2-5,8H,1,7H2;4H2,1-3H3. The van der Waals surface area contributed by atoms with Crippen LogP contribution >= 0.6 is 38.5 Å². The van der Waals surface area contributed by atoms with Gasteiger partial charge in [-0.2, -0.15) is 5.26 Å². The Bertz CT molecular complexity index is 2200. The van der Waals surface area contributed by atoms with Gasteiger partial charge < -0.3 is 28.2 Å². The van der Waals surface area contributed by atoms with Crippen LogP contribution in [-0.2, 0) is 25.6 Å². The van der Waals surface area contributed by atoms with Gasteiger partial charge in [-0.1, -0.05) is 96.0 Å². The van der Waals surface area contributed by atoms with Crippen LogP contribution in [0.5, 0.6) is 5.75 Å². The number of ketones is 1. The maximum atomic E-state index is 11.1. The van der Waals surface area contributed by atoms with E-state index in [1.54, 1.807) is 52.3 Å². The molecule has 1 unspecified atom stereocenters. The Balaban J connectivity index is 0.000000439. The molecule has 11 nitrogen and oxygen atoms in total. The molecule has 0 radical (unpaired) electrons. The third-order valence-corrected chi connectivity index (χ3v) is 10.9. The smallest absolute Gasteiger partial charge is 0.360 e. The lowest BCUT2D eigenvalue weighted by Crippen LogP contribution is -2.19. The number of ether oxygens (including phenoxy) is 5. The van der Waals surface area contributed by atoms with Crippen LogP contribution in [0.2, 0.25) is 0 Å². The number of hydrogen-bond donors (Lipinski definition) is 0. The van der Waals surface area contributed by atoms with E-state index in [0.717, 1.165) is 72.2 Å². The van der Waals surface area contributed by atoms with Crippen LogP contribution in [0.15, 0.2) is 111 Å². The molecule has 0 saturated carbocycles. The van der Waals surface area contributed by atoms with Gasteiger partial charge in [0.15, 0.2) is 11.5 Å². The fraction of sp³-hybridized carbons (Fsp3) is 0.456. The Hall–Kier alpha value is -5.06. The minimum Gasteiger partial charge on any atom is -0.496 e. The van der Waals surface area contributed by atoms with E-state index in [2.05, 4.69) is 119 Å². The lowest BCUT2D eigenvalue weighted by atomic mass is 10.1. The van der Waals surface area contributed by atoms with Gasteiger partial charge in [0.2, 0.25) is 0 Å². The second-order valence-electron chi connectivity index (χ2n) is 16.0. The topological polar surface area (TPSA) is 142 Å². The molecule has 1 atom stereocenters. The third-order valence-electron chi connectivity index (χ3n) is 9.64. The van der Waals surface area contributed by atoms with Crippen molar-refractivity contribution >= 4 is 56.5 Å². The molecule has 2 heterocycles. The Kier molecular flexibility index (Phi) is 37.5. The number of hydrogen-bond acceptors (Lipinski definition) is 11. The lowest BCUT2D eigenvalue weighted by molar-refractivity contribution is 0.0295. The van der Waals surface area contributed by atoms with Crippen LogP contribution in [0.3, 0.4) is 0 Å². The average Bonchev–Trinajstić information content (AvgIpc) is 3.70. The van der Waals surface area contributed by atoms with Gasteiger partial charge in [0.05, 0.1) is 58.3 Å². The summed E-state index contributed by atoms with van der Waals surface area (Å²) in [6.45, 7) is 19.8. The molecule has 0 fully saturated rings. The van der Waals surface area contributed by atoms with Crippen molar-refractivity contribution in [3.63, 3.8) is 0 Å². The summed E-state index contributed by atoms with van der Waals surface area (Å²) in [7, 11) is 0. The van der Waals surface area contributed by atoms with Gasteiger partial charge in [-0.05, 0) is 162 Å². The number of benzene rings is 3. The normalized spacial score (nSPS) is 12.0. The van der Waals surface area contributed by atoms with Gasteiger partial charge in [-0.3, -0.25) is 9.79 Å². The third kappa shape index (κ3) is 32.7. The van der Waals surface area contributed by atoms with Gasteiger partial charge in [-0.25, -0.2) is 4.79 Å². The van der Waals surface area contributed by atoms with Crippen molar-refractivity contribution in [3.8, 4) is 23.7 Å². The monoisotopic (exact) mass is 1140 g/mol. The molecule has 1 aliphatic rings. The van der Waals surface area contributed by atoms with Crippen LogP contribution in [0.25, 0.3) is 0 Å². The molecule has 4 aromatic rings. The Labute approximate surface area is 441 Å². The molecule has 0 saturated heterocycles. The molecule has 0 N–H and O–H groups in total. The molecule has 5 rings (SSSR count). The van der Waals surface area contributed by atoms with Crippen molar-refractivity contribution < 1.29 is 37.8 Å². The fourth-order valence-electron chi connectivity index (χ4n) is 5.52. The molecule has 1 aliphatic heterocycles. The van der Waals surface area contributed by atoms with Gasteiger partial charge in [-0.15, -0.1) is 5.92 Å². The summed E-state index contributed by atoms with van der Waals surface area (Å²) in [6, 6.07) is 25.7. The Morgan fingerprint density at radius 1 is 0.900 bits per heavy atom. The summed E-state index contributed by atoms with van der Waals surface area (Å²) in [4.78, 5) is 26.2. The molecule has 13 heteroatoms. The number of rotatable bonds is 21. The van der Waals surface area contributed by atoms with Crippen molar-refractivity contribution in [3.05, 3.63) is 139 Å². The number of unbranched alkanes of at least 4 members (excludes halogenated alkanes) is 4. The summed E-state index contributed by atoms with van der Waals surface area (Å²) in [5.74, 6) is 7.27. The van der Waals surface area contributed by atoms with E-state index < -0.39 is 5.97 Å². The van der Waals surface area contributed by atoms with Crippen LogP contribution in [0.1, 0.15) is 149 Å². The number of aromatic nitrogens is 1. The molecule has 70 heavy (non-hydrogen) atoms. The fourth-order valence-corrected chi connectivity index (χ4v) is 6.15. The van der Waals surface area contributed by atoms with Crippen LogP contribution in [-0.4, -0.2) is 68.8 Å². The van der Waals surface area contributed by atoms with Gasteiger partial charge in [0, 0.05) is 31.8 Å². The van der Waals surface area contributed by atoms with Crippen molar-refractivity contribution in [2.45, 2.75) is 132 Å². The van der Waals surface area contributed by atoms with Crippen LogP contribution in [0.4, 0.5) is 0 Å². The number of halogens is 2. The summed E-state index contributed by atoms with van der Waals surface area (Å²) < 4.78 is 33.8. The highest BCUT2D eigenvalue weighted by molar-refractivity contribution is 14.1. The first-order valence-corrected chi connectivity index (χ1v) is 26.0. The first kappa shape index (κ1) is 63.0. The van der Waals surface area contributed by atoms with Gasteiger partial charge in [0.1, 0.15) is 24.2 Å². The van der Waals surface area contributed by atoms with E-state index in [1.807, 2.05) is 48.5 Å². The first-order chi connectivity index (χ1) is 33.8. The van der Waals surface area contributed by atoms with Crippen molar-refractivity contribution in [2.75, 3.05) is 39.6 Å². The quantitative estimate of drug-likeness (QED) is 0.0150. The SMILES string of the molecule is CC(C)=CCCOCc1ccc(I)cc1.CCCCC#CCOCC1CCC=CO1.CCCCCOc1ccc(C(C)=O)cc1.CCOC(=O)c1noc(C)c1C.N#CCCN=Cc1ccc(Br)cc1. The first-order valence-electron chi connectivity index (χ1n) is 24.1. The predicted octanol–water partition coefficient (Wildman–Crippen LogP) is 14.8. The number of nitrogens with zero attached hydrogens (tertiary/aromatic N) is 3. The maximum Gasteiger partial charge on any atom is 0.360 e. The molecule has 0 amide bonds. The maximum absolute atomic E-state index is 11.1. The number of aliphatic imine (C=N–C) groups is 1. The van der Waals surface area contributed by atoms with E-state index in [0.29, 0.717) is 45.2 Å². The summed E-state index contributed by atoms with van der Waals surface area (Å²) in [5, 5.41) is 11.9. The van der Waals surface area contributed by atoms with Crippen molar-refractivity contribution in [2.24, 2.45) is 4.99 Å². The predicted molar refractivity (Wildman–Crippen MR) is 294 cm³/mol. The number of allylic oxidation sites excluding steroid dienone is 2. The van der Waals surface area contributed by atoms with E-state index in [-0.39, 0.29) is 17.6 Å². The molecule has 0 bridgehead atoms. The zero-order valence-electron chi connectivity index (χ0n) is 42.7. The molecule has 1 aromatic heterocycles. The van der Waals surface area contributed by atoms with Crippen molar-refractivity contribution in [1.29, 1.82) is 5.26 Å². The summed E-state index contributed by atoms with van der Waals surface area (Å²) in [5.41, 5.74) is 5.40. The second-order valence-corrected chi connectivity index (χ2v) is 18.2. The Morgan fingerprint density at radius 2 is 1.61 bits per heavy atom. The molecule has 0 aliphatic carbocycles. The van der Waals surface area contributed by atoms with Crippen LogP contribution in [0, 0.1) is 40.6 Å². The van der Waals surface area contributed by atoms with Gasteiger partial charge >= 0.3 is 5.97 Å². The number of Topliss-reactive ketones (excluding diaryl/α,β-unsaturated/α-hetero) is 1. The number of esters is 1. The molecule has 0 spiro atoms. The summed E-state index contributed by atoms with van der Waals surface area (Å²) in [6.07, 6.45) is 18.5. The Morgan fingerprint density at radius 3 is 2.20 bits per heavy atom. The van der Waals surface area contributed by atoms with E-state index in [4.69, 9.17) is 33.5 Å². The highest BCUT2D eigenvalue weighted by Crippen LogP contribution is 2.15. The zero-order chi connectivity index (χ0) is 51.6. The highest BCUT2D eigenvalue weighted by atomic mass is 127. The largest absolute Gasteiger partial charge is 0.496 e. The number of nitriles is 1. The number of carbonyl (C=O) groups is 2. The molecular weight excluding hydrogens is 1060 g/mol. The minimum atomic E-state index is -0.424. The van der Waals surface area contributed by atoms with Crippen LogP contribution < -0.4 is 4.74 Å². The zero-order valence-corrected chi connectivity index (χ0v) is 46.4. The van der Waals surface area contributed by atoms with E-state index in [1.165, 1.54) is 40.4 Å².